The molecule has 1 heterocycles. The van der Waals surface area contributed by atoms with Gasteiger partial charge in [0.15, 0.2) is 5.69 Å². The van der Waals surface area contributed by atoms with Crippen LogP contribution in [-0.2, 0) is 0 Å². The number of carboxylic acids is 1. The molecule has 5 heteroatoms. The zero-order valence-electron chi connectivity index (χ0n) is 9.68. The Morgan fingerprint density at radius 3 is 2.56 bits per heavy atom. The largest absolute Gasteiger partial charge is 0.476 e. The monoisotopic (exact) mass is 223 g/mol. The molecule has 1 saturated carbocycles. The SMILES string of the molecule is CC(C)n1nnc(C(=O)O)c1C1CCCC1. The van der Waals surface area contributed by atoms with E-state index in [0.717, 1.165) is 18.5 Å². The lowest BCUT2D eigenvalue weighted by atomic mass is 10.0. The maximum atomic E-state index is 11.1. The first-order valence-corrected chi connectivity index (χ1v) is 5.79. The molecular weight excluding hydrogens is 206 g/mol. The summed E-state index contributed by atoms with van der Waals surface area (Å²) in [6.45, 7) is 4.00. The maximum absolute atomic E-state index is 11.1. The number of nitrogens with zero attached hydrogens (tertiary/aromatic N) is 3. The Morgan fingerprint density at radius 2 is 2.06 bits per heavy atom. The van der Waals surface area contributed by atoms with Crippen molar-refractivity contribution >= 4 is 5.97 Å². The van der Waals surface area contributed by atoms with Gasteiger partial charge in [0.25, 0.3) is 0 Å². The Kier molecular flexibility index (Phi) is 2.94. The molecule has 16 heavy (non-hydrogen) atoms. The lowest BCUT2D eigenvalue weighted by Crippen LogP contribution is -2.13. The summed E-state index contributed by atoms with van der Waals surface area (Å²) in [4.78, 5) is 11.1. The van der Waals surface area contributed by atoms with Crippen molar-refractivity contribution in [3.05, 3.63) is 11.4 Å². The molecule has 0 saturated heterocycles. The van der Waals surface area contributed by atoms with Crippen LogP contribution in [0, 0.1) is 0 Å². The normalized spacial score (nSPS) is 17.2. The Morgan fingerprint density at radius 1 is 1.44 bits per heavy atom. The summed E-state index contributed by atoms with van der Waals surface area (Å²) in [6.07, 6.45) is 4.46. The predicted molar refractivity (Wildman–Crippen MR) is 58.6 cm³/mol. The highest BCUT2D eigenvalue weighted by Crippen LogP contribution is 2.36. The molecule has 1 aromatic heterocycles. The topological polar surface area (TPSA) is 68.0 Å². The fourth-order valence-corrected chi connectivity index (χ4v) is 2.41. The quantitative estimate of drug-likeness (QED) is 0.853. The molecule has 1 aromatic rings. The van der Waals surface area contributed by atoms with Crippen molar-refractivity contribution in [1.29, 1.82) is 0 Å². The van der Waals surface area contributed by atoms with Crippen LogP contribution in [0.25, 0.3) is 0 Å². The second-order valence-corrected chi connectivity index (χ2v) is 4.65. The van der Waals surface area contributed by atoms with Crippen LogP contribution in [0.2, 0.25) is 0 Å². The van der Waals surface area contributed by atoms with Gasteiger partial charge in [-0.15, -0.1) is 5.10 Å². The number of hydrogen-bond acceptors (Lipinski definition) is 3. The van der Waals surface area contributed by atoms with Crippen molar-refractivity contribution in [2.45, 2.75) is 51.5 Å². The van der Waals surface area contributed by atoms with E-state index in [2.05, 4.69) is 10.3 Å². The number of hydrogen-bond donors (Lipinski definition) is 1. The highest BCUT2D eigenvalue weighted by molar-refractivity contribution is 5.86. The van der Waals surface area contributed by atoms with Crippen LogP contribution in [-0.4, -0.2) is 26.1 Å². The third-order valence-electron chi connectivity index (χ3n) is 3.16. The molecule has 0 atom stereocenters. The molecule has 1 aliphatic carbocycles. The van der Waals surface area contributed by atoms with Gasteiger partial charge < -0.3 is 5.11 Å². The number of aromatic carboxylic acids is 1. The van der Waals surface area contributed by atoms with E-state index >= 15 is 0 Å². The molecule has 1 N–H and O–H groups in total. The molecule has 1 fully saturated rings. The Bertz CT molecular complexity index is 392. The predicted octanol–water partition coefficient (Wildman–Crippen LogP) is 2.21. The molecule has 0 radical (unpaired) electrons. The molecule has 0 amide bonds. The van der Waals surface area contributed by atoms with E-state index in [-0.39, 0.29) is 11.7 Å². The summed E-state index contributed by atoms with van der Waals surface area (Å²) in [7, 11) is 0. The van der Waals surface area contributed by atoms with Crippen molar-refractivity contribution in [2.24, 2.45) is 0 Å². The van der Waals surface area contributed by atoms with E-state index in [1.54, 1.807) is 4.68 Å². The zero-order chi connectivity index (χ0) is 11.7. The van der Waals surface area contributed by atoms with Gasteiger partial charge in [-0.2, -0.15) is 0 Å². The molecule has 2 rings (SSSR count). The summed E-state index contributed by atoms with van der Waals surface area (Å²) in [6, 6.07) is 0.163. The third kappa shape index (κ3) is 1.81. The minimum absolute atomic E-state index is 0.139. The summed E-state index contributed by atoms with van der Waals surface area (Å²) in [5.41, 5.74) is 0.959. The van der Waals surface area contributed by atoms with Crippen molar-refractivity contribution in [1.82, 2.24) is 15.0 Å². The van der Waals surface area contributed by atoms with Crippen LogP contribution >= 0.6 is 0 Å². The molecule has 1 aliphatic rings. The van der Waals surface area contributed by atoms with Gasteiger partial charge in [0, 0.05) is 12.0 Å². The summed E-state index contributed by atoms with van der Waals surface area (Å²) in [5, 5.41) is 16.9. The minimum atomic E-state index is -0.964. The van der Waals surface area contributed by atoms with Crippen LogP contribution < -0.4 is 0 Å². The van der Waals surface area contributed by atoms with Crippen LogP contribution in [0.4, 0.5) is 0 Å². The molecule has 0 aromatic carbocycles. The third-order valence-corrected chi connectivity index (χ3v) is 3.16. The van der Waals surface area contributed by atoms with Gasteiger partial charge in [0.2, 0.25) is 0 Å². The first kappa shape index (κ1) is 11.1. The van der Waals surface area contributed by atoms with Gasteiger partial charge in [0.05, 0.1) is 5.69 Å². The summed E-state index contributed by atoms with van der Waals surface area (Å²) < 4.78 is 1.76. The van der Waals surface area contributed by atoms with Crippen molar-refractivity contribution in [2.75, 3.05) is 0 Å². The fourth-order valence-electron chi connectivity index (χ4n) is 2.41. The number of rotatable bonds is 3. The number of carboxylic acid groups (broad SMARTS) is 1. The minimum Gasteiger partial charge on any atom is -0.476 e. The van der Waals surface area contributed by atoms with Gasteiger partial charge in [-0.1, -0.05) is 18.1 Å². The van der Waals surface area contributed by atoms with Gasteiger partial charge in [0.1, 0.15) is 0 Å². The lowest BCUT2D eigenvalue weighted by molar-refractivity contribution is 0.0688. The smallest absolute Gasteiger partial charge is 0.358 e. The van der Waals surface area contributed by atoms with Gasteiger partial charge in [-0.25, -0.2) is 9.48 Å². The van der Waals surface area contributed by atoms with Crippen LogP contribution in [0.5, 0.6) is 0 Å². The number of aromatic nitrogens is 3. The van der Waals surface area contributed by atoms with Crippen LogP contribution in [0.15, 0.2) is 0 Å². The average molecular weight is 223 g/mol. The van der Waals surface area contributed by atoms with E-state index in [1.807, 2.05) is 13.8 Å². The van der Waals surface area contributed by atoms with Gasteiger partial charge in [-0.05, 0) is 26.7 Å². The first-order valence-electron chi connectivity index (χ1n) is 5.79. The zero-order valence-corrected chi connectivity index (χ0v) is 9.68. The van der Waals surface area contributed by atoms with Gasteiger partial charge >= 0.3 is 5.97 Å². The van der Waals surface area contributed by atoms with E-state index in [4.69, 9.17) is 5.11 Å². The summed E-state index contributed by atoms with van der Waals surface area (Å²) >= 11 is 0. The van der Waals surface area contributed by atoms with E-state index in [1.165, 1.54) is 12.8 Å². The average Bonchev–Trinajstić information content (AvgIpc) is 2.85. The molecule has 0 spiro atoms. The van der Waals surface area contributed by atoms with E-state index < -0.39 is 5.97 Å². The van der Waals surface area contributed by atoms with E-state index in [0.29, 0.717) is 5.92 Å². The van der Waals surface area contributed by atoms with Crippen LogP contribution in [0.1, 0.15) is 67.7 Å². The first-order chi connectivity index (χ1) is 7.61. The number of carbonyl (C=O) groups is 1. The van der Waals surface area contributed by atoms with Crippen molar-refractivity contribution < 1.29 is 9.90 Å². The van der Waals surface area contributed by atoms with Crippen molar-refractivity contribution in [3.8, 4) is 0 Å². The summed E-state index contributed by atoms with van der Waals surface area (Å²) in [5.74, 6) is -0.641. The molecule has 0 aliphatic heterocycles. The molecular formula is C11H17N3O2. The second-order valence-electron chi connectivity index (χ2n) is 4.65. The molecule has 88 valence electrons. The highest BCUT2D eigenvalue weighted by atomic mass is 16.4. The maximum Gasteiger partial charge on any atom is 0.358 e. The second kappa shape index (κ2) is 4.23. The fraction of sp³-hybridized carbons (Fsp3) is 0.727. The standard InChI is InChI=1S/C11H17N3O2/c1-7(2)14-10(8-5-3-4-6-8)9(11(15)16)12-13-14/h7-8H,3-6H2,1-2H3,(H,15,16). The Balaban J connectivity index is 2.44. The molecule has 0 bridgehead atoms. The molecule has 0 unspecified atom stereocenters. The lowest BCUT2D eigenvalue weighted by Gasteiger charge is -2.14. The van der Waals surface area contributed by atoms with Crippen molar-refractivity contribution in [3.63, 3.8) is 0 Å². The Labute approximate surface area is 94.5 Å². The van der Waals surface area contributed by atoms with Crippen LogP contribution in [0.3, 0.4) is 0 Å². The highest BCUT2D eigenvalue weighted by Gasteiger charge is 2.29. The van der Waals surface area contributed by atoms with E-state index in [9.17, 15) is 4.79 Å². The molecule has 5 nitrogen and oxygen atoms in total. The Hall–Kier alpha value is -1.39. The van der Waals surface area contributed by atoms with Gasteiger partial charge in [-0.3, -0.25) is 0 Å².